The summed E-state index contributed by atoms with van der Waals surface area (Å²) in [6.07, 6.45) is 0. The largest absolute Gasteiger partial charge is 0.486 e. The van der Waals surface area contributed by atoms with E-state index in [0.29, 0.717) is 25.6 Å². The Kier molecular flexibility index (Phi) is 5.39. The number of hydrogen-bond donors (Lipinski definition) is 0. The van der Waals surface area contributed by atoms with Gasteiger partial charge in [0.15, 0.2) is 11.5 Å². The summed E-state index contributed by atoms with van der Waals surface area (Å²) in [6.45, 7) is 3.38. The van der Waals surface area contributed by atoms with Gasteiger partial charge in [0.05, 0.1) is 12.4 Å². The molecule has 6 heteroatoms. The molecule has 0 saturated carbocycles. The maximum absolute atomic E-state index is 11.3. The molecule has 0 unspecified atom stereocenters. The fourth-order valence-electron chi connectivity index (χ4n) is 1.66. The molecule has 0 aliphatic carbocycles. The molecule has 19 heavy (non-hydrogen) atoms. The van der Waals surface area contributed by atoms with Gasteiger partial charge in [-0.25, -0.2) is 0 Å². The van der Waals surface area contributed by atoms with Crippen LogP contribution in [0.5, 0.6) is 11.5 Å². The molecule has 0 amide bonds. The molecule has 0 radical (unpaired) electrons. The first-order valence-electron chi connectivity index (χ1n) is 6.02. The minimum Gasteiger partial charge on any atom is -0.486 e. The Hall–Kier alpha value is -0.880. The summed E-state index contributed by atoms with van der Waals surface area (Å²) in [5.74, 6) is 2.42. The lowest BCUT2D eigenvalue weighted by atomic mass is 10.2. The number of carbonyl (C=O) groups excluding carboxylic acids is 1. The minimum absolute atomic E-state index is 0.179. The summed E-state index contributed by atoms with van der Waals surface area (Å²) < 4.78 is 16.9. The lowest BCUT2D eigenvalue weighted by Crippen LogP contribution is -2.15. The zero-order valence-electron chi connectivity index (χ0n) is 10.6. The summed E-state index contributed by atoms with van der Waals surface area (Å²) in [4.78, 5) is 11.3. The van der Waals surface area contributed by atoms with E-state index in [0.717, 1.165) is 27.3 Å². The molecule has 0 saturated heterocycles. The first-order valence-corrected chi connectivity index (χ1v) is 7.97. The first kappa shape index (κ1) is 14.5. The van der Waals surface area contributed by atoms with E-state index in [1.54, 1.807) is 6.92 Å². The molecular formula is C13H15BrO4S. The zero-order chi connectivity index (χ0) is 13.7. The summed E-state index contributed by atoms with van der Waals surface area (Å²) >= 11 is 5.03. The van der Waals surface area contributed by atoms with E-state index in [4.69, 9.17) is 14.2 Å². The third kappa shape index (κ3) is 4.04. The fourth-order valence-corrected chi connectivity index (χ4v) is 3.12. The third-order valence-electron chi connectivity index (χ3n) is 2.49. The van der Waals surface area contributed by atoms with Gasteiger partial charge in [-0.15, -0.1) is 11.8 Å². The average Bonchev–Trinajstić information content (AvgIpc) is 2.39. The van der Waals surface area contributed by atoms with Crippen LogP contribution in [0.25, 0.3) is 0 Å². The molecule has 2 rings (SSSR count). The van der Waals surface area contributed by atoms with Gasteiger partial charge in [-0.1, -0.05) is 15.9 Å². The lowest BCUT2D eigenvalue weighted by Gasteiger charge is -2.19. The second-order valence-corrected chi connectivity index (χ2v) is 5.73. The van der Waals surface area contributed by atoms with Crippen molar-refractivity contribution in [2.24, 2.45) is 0 Å². The molecular weight excluding hydrogens is 332 g/mol. The van der Waals surface area contributed by atoms with E-state index < -0.39 is 0 Å². The second kappa shape index (κ2) is 7.05. The Bertz CT molecular complexity index is 464. The third-order valence-corrected chi connectivity index (χ3v) is 4.19. The molecule has 1 aliphatic rings. The maximum Gasteiger partial charge on any atom is 0.315 e. The van der Waals surface area contributed by atoms with Crippen LogP contribution in [-0.2, 0) is 15.3 Å². The van der Waals surface area contributed by atoms with Crippen molar-refractivity contribution in [3.05, 3.63) is 22.2 Å². The van der Waals surface area contributed by atoms with Crippen LogP contribution in [0.4, 0.5) is 0 Å². The molecule has 1 heterocycles. The van der Waals surface area contributed by atoms with Crippen molar-refractivity contribution in [3.8, 4) is 11.5 Å². The van der Waals surface area contributed by atoms with Crippen LogP contribution in [0, 0.1) is 0 Å². The predicted octanol–water partition coefficient (Wildman–Crippen LogP) is 3.02. The van der Waals surface area contributed by atoms with Crippen LogP contribution in [0.2, 0.25) is 0 Å². The summed E-state index contributed by atoms with van der Waals surface area (Å²) in [5.41, 5.74) is 1.08. The van der Waals surface area contributed by atoms with Crippen molar-refractivity contribution in [2.75, 3.05) is 25.6 Å². The van der Waals surface area contributed by atoms with Crippen molar-refractivity contribution in [1.82, 2.24) is 0 Å². The van der Waals surface area contributed by atoms with Gasteiger partial charge < -0.3 is 14.2 Å². The van der Waals surface area contributed by atoms with Gasteiger partial charge in [0.2, 0.25) is 0 Å². The quantitative estimate of drug-likeness (QED) is 0.766. The molecule has 0 spiro atoms. The number of thioether (sulfide) groups is 1. The highest BCUT2D eigenvalue weighted by Gasteiger charge is 2.15. The van der Waals surface area contributed by atoms with Crippen molar-refractivity contribution in [3.63, 3.8) is 0 Å². The van der Waals surface area contributed by atoms with Gasteiger partial charge in [-0.3, -0.25) is 4.79 Å². The van der Waals surface area contributed by atoms with Gasteiger partial charge >= 0.3 is 5.97 Å². The van der Waals surface area contributed by atoms with Crippen molar-refractivity contribution in [1.29, 1.82) is 0 Å². The average molecular weight is 347 g/mol. The number of fused-ring (bicyclic) bond motifs is 1. The van der Waals surface area contributed by atoms with Crippen LogP contribution < -0.4 is 9.47 Å². The molecule has 4 nitrogen and oxygen atoms in total. The van der Waals surface area contributed by atoms with Crippen LogP contribution in [0.3, 0.4) is 0 Å². The van der Waals surface area contributed by atoms with E-state index in [-0.39, 0.29) is 5.97 Å². The second-order valence-electron chi connectivity index (χ2n) is 3.89. The van der Waals surface area contributed by atoms with E-state index in [2.05, 4.69) is 15.9 Å². The van der Waals surface area contributed by atoms with Gasteiger partial charge in [0.1, 0.15) is 13.2 Å². The van der Waals surface area contributed by atoms with Crippen LogP contribution >= 0.6 is 27.7 Å². The number of esters is 1. The minimum atomic E-state index is -0.179. The van der Waals surface area contributed by atoms with E-state index >= 15 is 0 Å². The smallest absolute Gasteiger partial charge is 0.315 e. The molecule has 0 fully saturated rings. The normalized spacial score (nSPS) is 13.2. The number of ether oxygens (including phenoxy) is 3. The number of benzene rings is 1. The molecule has 1 aromatic rings. The number of halogens is 1. The summed E-state index contributed by atoms with van der Waals surface area (Å²) in [5, 5.41) is 0. The predicted molar refractivity (Wildman–Crippen MR) is 77.9 cm³/mol. The topological polar surface area (TPSA) is 44.8 Å². The van der Waals surface area contributed by atoms with Gasteiger partial charge in [0.25, 0.3) is 0 Å². The molecule has 0 bridgehead atoms. The van der Waals surface area contributed by atoms with Crippen molar-refractivity contribution >= 4 is 33.7 Å². The van der Waals surface area contributed by atoms with Gasteiger partial charge in [-0.2, -0.15) is 0 Å². The fraction of sp³-hybridized carbons (Fsp3) is 0.462. The summed E-state index contributed by atoms with van der Waals surface area (Å²) in [6, 6.07) is 3.87. The highest BCUT2D eigenvalue weighted by molar-refractivity contribution is 9.10. The zero-order valence-corrected chi connectivity index (χ0v) is 13.0. The molecule has 104 valence electrons. The van der Waals surface area contributed by atoms with Crippen LogP contribution in [0.1, 0.15) is 12.5 Å². The standard InChI is InChI=1S/C13H15BrO4S/c1-2-16-13(15)8-19-7-9-5-11-12(6-10(9)14)18-4-3-17-11/h5-6H,2-4,7-8H2,1H3. The van der Waals surface area contributed by atoms with E-state index in [1.165, 1.54) is 11.8 Å². The van der Waals surface area contributed by atoms with Gasteiger partial charge in [-0.05, 0) is 24.6 Å². The number of hydrogen-bond acceptors (Lipinski definition) is 5. The summed E-state index contributed by atoms with van der Waals surface area (Å²) in [7, 11) is 0. The molecule has 0 atom stereocenters. The van der Waals surface area contributed by atoms with E-state index in [1.807, 2.05) is 12.1 Å². The Morgan fingerprint density at radius 3 is 2.74 bits per heavy atom. The Morgan fingerprint density at radius 2 is 2.05 bits per heavy atom. The van der Waals surface area contributed by atoms with Crippen molar-refractivity contribution in [2.45, 2.75) is 12.7 Å². The highest BCUT2D eigenvalue weighted by Crippen LogP contribution is 2.36. The Morgan fingerprint density at radius 1 is 1.37 bits per heavy atom. The molecule has 1 aliphatic heterocycles. The first-order chi connectivity index (χ1) is 9.20. The lowest BCUT2D eigenvalue weighted by molar-refractivity contribution is -0.139. The van der Waals surface area contributed by atoms with E-state index in [9.17, 15) is 4.79 Å². The Balaban J connectivity index is 1.95. The number of rotatable bonds is 5. The van der Waals surface area contributed by atoms with Crippen LogP contribution in [0.15, 0.2) is 16.6 Å². The SMILES string of the molecule is CCOC(=O)CSCc1cc2c(cc1Br)OCCO2. The Labute approximate surface area is 124 Å². The van der Waals surface area contributed by atoms with Crippen molar-refractivity contribution < 1.29 is 19.0 Å². The molecule has 1 aromatic carbocycles. The maximum atomic E-state index is 11.3. The highest BCUT2D eigenvalue weighted by atomic mass is 79.9. The molecule has 0 aromatic heterocycles. The monoisotopic (exact) mass is 346 g/mol. The van der Waals surface area contributed by atoms with Gasteiger partial charge in [0, 0.05) is 10.2 Å². The van der Waals surface area contributed by atoms with Crippen LogP contribution in [-0.4, -0.2) is 31.5 Å². The molecule has 0 N–H and O–H groups in total. The number of carbonyl (C=O) groups is 1.